The Hall–Kier alpha value is -2.34. The largest absolute Gasteiger partial charge is 0.490 e. The Kier molecular flexibility index (Phi) is 4.75. The van der Waals surface area contributed by atoms with E-state index in [1.54, 1.807) is 30.3 Å². The fourth-order valence-corrected chi connectivity index (χ4v) is 1.76. The van der Waals surface area contributed by atoms with E-state index in [2.05, 4.69) is 0 Å². The molecule has 1 unspecified atom stereocenters. The molecule has 2 aromatic rings. The average Bonchev–Trinajstić information content (AvgIpc) is 2.52. The number of halogens is 3. The van der Waals surface area contributed by atoms with Crippen LogP contribution in [0.15, 0.2) is 54.6 Å². The Morgan fingerprint density at radius 1 is 1.00 bits per heavy atom. The number of ether oxygens (including phenoxy) is 1. The molecule has 2 aromatic carbocycles. The van der Waals surface area contributed by atoms with Crippen LogP contribution in [-0.2, 0) is 0 Å². The van der Waals surface area contributed by atoms with Crippen molar-refractivity contribution in [2.75, 3.05) is 6.61 Å². The number of hydrogen-bond acceptors (Lipinski definition) is 3. The maximum absolute atomic E-state index is 12.5. The lowest BCUT2D eigenvalue weighted by molar-refractivity contribution is -0.260. The zero-order valence-corrected chi connectivity index (χ0v) is 12.3. The van der Waals surface area contributed by atoms with Crippen molar-refractivity contribution < 1.29 is 27.8 Å². The lowest BCUT2D eigenvalue weighted by Gasteiger charge is -2.26. The van der Waals surface area contributed by atoms with Crippen LogP contribution in [0, 0.1) is 0 Å². The molecule has 122 valence electrons. The highest BCUT2D eigenvalue weighted by molar-refractivity contribution is 6.08. The second-order valence-electron chi connectivity index (χ2n) is 5.28. The average molecular weight is 324 g/mol. The van der Waals surface area contributed by atoms with Gasteiger partial charge in [0.15, 0.2) is 11.4 Å². The van der Waals surface area contributed by atoms with Crippen LogP contribution < -0.4 is 4.74 Å². The van der Waals surface area contributed by atoms with Crippen molar-refractivity contribution in [1.82, 2.24) is 0 Å². The molecule has 0 amide bonds. The smallest absolute Gasteiger partial charge is 0.420 e. The lowest BCUT2D eigenvalue weighted by Crippen LogP contribution is -2.47. The highest BCUT2D eigenvalue weighted by Gasteiger charge is 2.50. The van der Waals surface area contributed by atoms with Gasteiger partial charge in [0.1, 0.15) is 12.4 Å². The third-order valence-corrected chi connectivity index (χ3v) is 3.28. The van der Waals surface area contributed by atoms with Crippen LogP contribution >= 0.6 is 0 Å². The first-order valence-corrected chi connectivity index (χ1v) is 6.82. The van der Waals surface area contributed by atoms with E-state index in [0.717, 1.165) is 0 Å². The molecule has 2 rings (SSSR count). The molecule has 0 aliphatic carbocycles. The number of carbonyl (C=O) groups is 1. The first-order valence-electron chi connectivity index (χ1n) is 6.82. The molecule has 0 aromatic heterocycles. The summed E-state index contributed by atoms with van der Waals surface area (Å²) in [6, 6.07) is 14.3. The number of aliphatic hydroxyl groups is 1. The molecule has 0 radical (unpaired) electrons. The number of hydrogen-bond donors (Lipinski definition) is 1. The number of ketones is 1. The van der Waals surface area contributed by atoms with Crippen LogP contribution in [0.5, 0.6) is 5.75 Å². The Bertz CT molecular complexity index is 662. The molecule has 0 aliphatic heterocycles. The quantitative estimate of drug-likeness (QED) is 0.855. The van der Waals surface area contributed by atoms with Gasteiger partial charge in [-0.25, -0.2) is 0 Å². The zero-order chi connectivity index (χ0) is 17.1. The van der Waals surface area contributed by atoms with Crippen molar-refractivity contribution in [3.05, 3.63) is 65.7 Å². The molecule has 0 aliphatic rings. The molecule has 6 heteroatoms. The Morgan fingerprint density at radius 3 is 2.04 bits per heavy atom. The van der Waals surface area contributed by atoms with E-state index in [-0.39, 0.29) is 11.5 Å². The Morgan fingerprint density at radius 2 is 1.52 bits per heavy atom. The SMILES string of the molecule is CC(O)(COc1ccc(C(=O)c2ccccc2)cc1)C(F)(F)F. The van der Waals surface area contributed by atoms with Gasteiger partial charge in [0, 0.05) is 11.1 Å². The molecular formula is C17H15F3O3. The van der Waals surface area contributed by atoms with Gasteiger partial charge in [0.25, 0.3) is 0 Å². The highest BCUT2D eigenvalue weighted by atomic mass is 19.4. The fraction of sp³-hybridized carbons (Fsp3) is 0.235. The summed E-state index contributed by atoms with van der Waals surface area (Å²) < 4.78 is 42.5. The summed E-state index contributed by atoms with van der Waals surface area (Å²) in [6.07, 6.45) is -4.78. The Labute approximate surface area is 131 Å². The first-order chi connectivity index (χ1) is 10.7. The van der Waals surface area contributed by atoms with Gasteiger partial charge in [-0.2, -0.15) is 13.2 Å². The highest BCUT2D eigenvalue weighted by Crippen LogP contribution is 2.30. The van der Waals surface area contributed by atoms with Crippen LogP contribution in [0.3, 0.4) is 0 Å². The standard InChI is InChI=1S/C17H15F3O3/c1-16(22,17(18,19)20)11-23-14-9-7-13(8-10-14)15(21)12-5-3-2-4-6-12/h2-10,22H,11H2,1H3. The molecule has 0 saturated heterocycles. The molecule has 3 nitrogen and oxygen atoms in total. The van der Waals surface area contributed by atoms with Crippen LogP contribution in [0.1, 0.15) is 22.8 Å². The zero-order valence-electron chi connectivity index (χ0n) is 12.3. The van der Waals surface area contributed by atoms with E-state index in [0.29, 0.717) is 18.1 Å². The normalized spacial score (nSPS) is 14.1. The monoisotopic (exact) mass is 324 g/mol. The van der Waals surface area contributed by atoms with Crippen LogP contribution in [0.4, 0.5) is 13.2 Å². The van der Waals surface area contributed by atoms with Gasteiger partial charge in [0.2, 0.25) is 0 Å². The van der Waals surface area contributed by atoms with Crippen molar-refractivity contribution >= 4 is 5.78 Å². The van der Waals surface area contributed by atoms with Crippen molar-refractivity contribution in [2.45, 2.75) is 18.7 Å². The van der Waals surface area contributed by atoms with E-state index < -0.39 is 18.4 Å². The maximum atomic E-state index is 12.5. The molecule has 23 heavy (non-hydrogen) atoms. The second-order valence-corrected chi connectivity index (χ2v) is 5.28. The van der Waals surface area contributed by atoms with Crippen molar-refractivity contribution in [3.8, 4) is 5.75 Å². The Balaban J connectivity index is 2.04. The van der Waals surface area contributed by atoms with Gasteiger partial charge < -0.3 is 9.84 Å². The third-order valence-electron chi connectivity index (χ3n) is 3.28. The summed E-state index contributed by atoms with van der Waals surface area (Å²) in [5.74, 6) is -0.0569. The van der Waals surface area contributed by atoms with Gasteiger partial charge >= 0.3 is 6.18 Å². The van der Waals surface area contributed by atoms with Gasteiger partial charge in [-0.3, -0.25) is 4.79 Å². The van der Waals surface area contributed by atoms with Crippen LogP contribution in [0.25, 0.3) is 0 Å². The van der Waals surface area contributed by atoms with Gasteiger partial charge in [-0.15, -0.1) is 0 Å². The molecule has 0 saturated carbocycles. The molecule has 0 heterocycles. The fourth-order valence-electron chi connectivity index (χ4n) is 1.76. The van der Waals surface area contributed by atoms with E-state index in [9.17, 15) is 23.1 Å². The molecular weight excluding hydrogens is 309 g/mol. The van der Waals surface area contributed by atoms with Crippen molar-refractivity contribution in [1.29, 1.82) is 0 Å². The number of rotatable bonds is 5. The predicted molar refractivity (Wildman–Crippen MR) is 78.5 cm³/mol. The van der Waals surface area contributed by atoms with Gasteiger partial charge in [-0.05, 0) is 31.2 Å². The second kappa shape index (κ2) is 6.42. The summed E-state index contributed by atoms with van der Waals surface area (Å²) in [4.78, 5) is 12.2. The summed E-state index contributed by atoms with van der Waals surface area (Å²) >= 11 is 0. The van der Waals surface area contributed by atoms with E-state index >= 15 is 0 Å². The summed E-state index contributed by atoms with van der Waals surface area (Å²) in [6.45, 7) is -0.289. The maximum Gasteiger partial charge on any atom is 0.420 e. The topological polar surface area (TPSA) is 46.5 Å². The van der Waals surface area contributed by atoms with E-state index in [4.69, 9.17) is 4.74 Å². The predicted octanol–water partition coefficient (Wildman–Crippen LogP) is 3.61. The van der Waals surface area contributed by atoms with Crippen LogP contribution in [0.2, 0.25) is 0 Å². The van der Waals surface area contributed by atoms with Crippen LogP contribution in [-0.4, -0.2) is 29.3 Å². The van der Waals surface area contributed by atoms with E-state index in [1.165, 1.54) is 24.3 Å². The molecule has 0 fully saturated rings. The summed E-state index contributed by atoms with van der Waals surface area (Å²) in [7, 11) is 0. The molecule has 1 N–H and O–H groups in total. The van der Waals surface area contributed by atoms with Crippen molar-refractivity contribution in [2.24, 2.45) is 0 Å². The van der Waals surface area contributed by atoms with E-state index in [1.807, 2.05) is 0 Å². The number of carbonyl (C=O) groups excluding carboxylic acids is 1. The van der Waals surface area contributed by atoms with Gasteiger partial charge in [-0.1, -0.05) is 30.3 Å². The summed E-state index contributed by atoms with van der Waals surface area (Å²) in [5.41, 5.74) is -2.03. The number of benzene rings is 2. The third kappa shape index (κ3) is 4.10. The molecule has 1 atom stereocenters. The first kappa shape index (κ1) is 17.0. The minimum Gasteiger partial charge on any atom is -0.490 e. The summed E-state index contributed by atoms with van der Waals surface area (Å²) in [5, 5.41) is 9.30. The molecule has 0 spiro atoms. The lowest BCUT2D eigenvalue weighted by atomic mass is 10.0. The van der Waals surface area contributed by atoms with Gasteiger partial charge in [0.05, 0.1) is 0 Å². The minimum absolute atomic E-state index is 0.138. The molecule has 0 bridgehead atoms. The number of alkyl halides is 3. The minimum atomic E-state index is -4.78. The van der Waals surface area contributed by atoms with Crippen molar-refractivity contribution in [3.63, 3.8) is 0 Å².